The van der Waals surface area contributed by atoms with Gasteiger partial charge in [-0.25, -0.2) is 14.4 Å². The molecule has 0 amide bonds. The van der Waals surface area contributed by atoms with Gasteiger partial charge in [0.2, 0.25) is 5.89 Å². The summed E-state index contributed by atoms with van der Waals surface area (Å²) in [5.41, 5.74) is 2.21. The van der Waals surface area contributed by atoms with E-state index >= 15 is 0 Å². The Bertz CT molecular complexity index is 1360. The molecule has 0 spiro atoms. The van der Waals surface area contributed by atoms with E-state index in [0.29, 0.717) is 40.4 Å². The third-order valence-corrected chi connectivity index (χ3v) is 6.43. The van der Waals surface area contributed by atoms with Crippen LogP contribution in [0, 0.1) is 24.6 Å². The molecule has 0 bridgehead atoms. The molecule has 4 heterocycles. The lowest BCUT2D eigenvalue weighted by Crippen LogP contribution is -2.24. The molecule has 9 nitrogen and oxygen atoms in total. The van der Waals surface area contributed by atoms with E-state index in [0.717, 1.165) is 18.7 Å². The molecule has 3 atom stereocenters. The van der Waals surface area contributed by atoms with E-state index in [1.165, 1.54) is 10.9 Å². The summed E-state index contributed by atoms with van der Waals surface area (Å²) >= 11 is 0. The van der Waals surface area contributed by atoms with E-state index in [4.69, 9.17) is 4.52 Å². The van der Waals surface area contributed by atoms with Crippen LogP contribution in [-0.4, -0.2) is 42.3 Å². The highest BCUT2D eigenvalue weighted by Crippen LogP contribution is 2.58. The monoisotopic (exact) mass is 421 g/mol. The molecule has 31 heavy (non-hydrogen) atoms. The number of benzene rings is 1. The number of imidazole rings is 1. The zero-order chi connectivity index (χ0) is 21.3. The lowest BCUT2D eigenvalue weighted by atomic mass is 10.2. The Kier molecular flexibility index (Phi) is 3.80. The SMILES string of the molecule is Cc1ccc(N2C[C@@H]3C(c4noc(Cn5cnc6ncn(C)c6c5=O)n4)[C@@H]3C2)c(F)c1. The Morgan fingerprint density at radius 1 is 1.19 bits per heavy atom. The van der Waals surface area contributed by atoms with Gasteiger partial charge >= 0.3 is 0 Å². The van der Waals surface area contributed by atoms with Crippen molar-refractivity contribution in [2.45, 2.75) is 19.4 Å². The van der Waals surface area contributed by atoms with Crippen molar-refractivity contribution in [2.75, 3.05) is 18.0 Å². The van der Waals surface area contributed by atoms with Crippen LogP contribution in [0.15, 0.2) is 40.2 Å². The predicted octanol–water partition coefficient (Wildman–Crippen LogP) is 1.86. The third-order valence-electron chi connectivity index (χ3n) is 6.43. The highest BCUT2D eigenvalue weighted by molar-refractivity contribution is 5.68. The zero-order valence-corrected chi connectivity index (χ0v) is 17.1. The van der Waals surface area contributed by atoms with Crippen molar-refractivity contribution in [3.63, 3.8) is 0 Å². The van der Waals surface area contributed by atoms with Gasteiger partial charge in [-0.15, -0.1) is 0 Å². The normalized spacial score (nSPS) is 22.3. The molecule has 6 rings (SSSR count). The Morgan fingerprint density at radius 3 is 2.74 bits per heavy atom. The van der Waals surface area contributed by atoms with E-state index in [-0.39, 0.29) is 23.8 Å². The molecule has 158 valence electrons. The van der Waals surface area contributed by atoms with Gasteiger partial charge in [0, 0.05) is 26.1 Å². The van der Waals surface area contributed by atoms with Crippen LogP contribution in [0.4, 0.5) is 10.1 Å². The second-order valence-corrected chi connectivity index (χ2v) is 8.46. The first kappa shape index (κ1) is 18.2. The summed E-state index contributed by atoms with van der Waals surface area (Å²) in [6.45, 7) is 3.60. The quantitative estimate of drug-likeness (QED) is 0.496. The van der Waals surface area contributed by atoms with Crippen molar-refractivity contribution >= 4 is 16.9 Å². The number of fused-ring (bicyclic) bond motifs is 2. The van der Waals surface area contributed by atoms with Crippen molar-refractivity contribution in [2.24, 2.45) is 18.9 Å². The van der Waals surface area contributed by atoms with Crippen molar-refractivity contribution in [1.29, 1.82) is 0 Å². The van der Waals surface area contributed by atoms with E-state index in [2.05, 4.69) is 25.0 Å². The molecule has 2 aliphatic rings. The Balaban J connectivity index is 1.17. The minimum Gasteiger partial charge on any atom is -0.369 e. The van der Waals surface area contributed by atoms with Crippen LogP contribution in [0.2, 0.25) is 0 Å². The fourth-order valence-electron chi connectivity index (χ4n) is 4.77. The molecule has 1 aliphatic carbocycles. The molecule has 0 radical (unpaired) electrons. The lowest BCUT2D eigenvalue weighted by Gasteiger charge is -2.22. The molecule has 10 heteroatoms. The number of rotatable bonds is 4. The molecule has 1 unspecified atom stereocenters. The second-order valence-electron chi connectivity index (χ2n) is 8.46. The Hall–Kier alpha value is -3.56. The molecular weight excluding hydrogens is 401 g/mol. The topological polar surface area (TPSA) is 94.9 Å². The fourth-order valence-corrected chi connectivity index (χ4v) is 4.77. The summed E-state index contributed by atoms with van der Waals surface area (Å²) < 4.78 is 22.8. The van der Waals surface area contributed by atoms with Gasteiger partial charge in [-0.1, -0.05) is 11.2 Å². The maximum atomic E-state index is 14.3. The summed E-state index contributed by atoms with van der Waals surface area (Å²) in [5, 5.41) is 4.15. The van der Waals surface area contributed by atoms with Crippen LogP contribution in [-0.2, 0) is 13.6 Å². The van der Waals surface area contributed by atoms with Crippen LogP contribution in [0.3, 0.4) is 0 Å². The average Bonchev–Trinajstić information content (AvgIpc) is 3.16. The molecule has 1 aromatic carbocycles. The molecule has 2 fully saturated rings. The number of aryl methyl sites for hydroxylation is 2. The van der Waals surface area contributed by atoms with Crippen molar-refractivity contribution in [1.82, 2.24) is 29.2 Å². The third kappa shape index (κ3) is 2.85. The summed E-state index contributed by atoms with van der Waals surface area (Å²) in [6.07, 6.45) is 3.01. The minimum absolute atomic E-state index is 0.155. The first-order chi connectivity index (χ1) is 15.0. The number of piperidine rings is 1. The standard InChI is InChI=1S/C21H20FN7O2/c1-11-3-4-15(14(22)5-11)28-6-12-13(7-28)17(12)19-25-16(31-26-19)8-29-10-24-20-18(21(29)30)27(2)9-23-20/h3-5,9-10,12-13,17H,6-8H2,1-2H3/t12-,13+,17?. The highest BCUT2D eigenvalue weighted by atomic mass is 19.1. The minimum atomic E-state index is -0.205. The summed E-state index contributed by atoms with van der Waals surface area (Å²) in [4.78, 5) is 27.6. The zero-order valence-electron chi connectivity index (χ0n) is 17.1. The summed E-state index contributed by atoms with van der Waals surface area (Å²) in [5.74, 6) is 1.85. The summed E-state index contributed by atoms with van der Waals surface area (Å²) in [6, 6.07) is 5.36. The second kappa shape index (κ2) is 6.47. The van der Waals surface area contributed by atoms with Gasteiger partial charge in [0.05, 0.1) is 12.0 Å². The van der Waals surface area contributed by atoms with Crippen LogP contribution in [0.1, 0.15) is 23.2 Å². The van der Waals surface area contributed by atoms with E-state index in [9.17, 15) is 9.18 Å². The molecule has 3 aromatic heterocycles. The van der Waals surface area contributed by atoms with Crippen LogP contribution in [0.25, 0.3) is 11.2 Å². The maximum absolute atomic E-state index is 14.3. The van der Waals surface area contributed by atoms with Gasteiger partial charge in [0.25, 0.3) is 5.56 Å². The molecule has 1 saturated carbocycles. The fraction of sp³-hybridized carbons (Fsp3) is 0.381. The molecule has 1 saturated heterocycles. The number of aromatic nitrogens is 6. The van der Waals surface area contributed by atoms with E-state index in [1.54, 1.807) is 24.0 Å². The largest absolute Gasteiger partial charge is 0.369 e. The maximum Gasteiger partial charge on any atom is 0.280 e. The first-order valence-corrected chi connectivity index (χ1v) is 10.2. The van der Waals surface area contributed by atoms with Crippen LogP contribution >= 0.6 is 0 Å². The first-order valence-electron chi connectivity index (χ1n) is 10.2. The van der Waals surface area contributed by atoms with Crippen molar-refractivity contribution < 1.29 is 8.91 Å². The highest BCUT2D eigenvalue weighted by Gasteiger charge is 2.58. The van der Waals surface area contributed by atoms with E-state index in [1.807, 2.05) is 19.1 Å². The number of hydrogen-bond acceptors (Lipinski definition) is 7. The number of hydrogen-bond donors (Lipinski definition) is 0. The van der Waals surface area contributed by atoms with Gasteiger partial charge < -0.3 is 14.0 Å². The molecular formula is C21H20FN7O2. The lowest BCUT2D eigenvalue weighted by molar-refractivity contribution is 0.363. The number of nitrogens with zero attached hydrogens (tertiary/aromatic N) is 7. The van der Waals surface area contributed by atoms with Crippen LogP contribution in [0.5, 0.6) is 0 Å². The molecule has 1 aliphatic heterocycles. The Labute approximate surface area is 176 Å². The Morgan fingerprint density at radius 2 is 1.97 bits per heavy atom. The van der Waals surface area contributed by atoms with Crippen molar-refractivity contribution in [3.8, 4) is 0 Å². The number of halogens is 1. The van der Waals surface area contributed by atoms with Crippen molar-refractivity contribution in [3.05, 3.63) is 64.3 Å². The van der Waals surface area contributed by atoms with Gasteiger partial charge in [-0.3, -0.25) is 9.36 Å². The molecule has 0 N–H and O–H groups in total. The van der Waals surface area contributed by atoms with Gasteiger partial charge in [-0.05, 0) is 36.5 Å². The van der Waals surface area contributed by atoms with Gasteiger partial charge in [0.1, 0.15) is 18.7 Å². The van der Waals surface area contributed by atoms with Gasteiger partial charge in [0.15, 0.2) is 17.0 Å². The van der Waals surface area contributed by atoms with Gasteiger partial charge in [-0.2, -0.15) is 4.98 Å². The predicted molar refractivity (Wildman–Crippen MR) is 109 cm³/mol. The average molecular weight is 421 g/mol. The van der Waals surface area contributed by atoms with E-state index < -0.39 is 0 Å². The smallest absolute Gasteiger partial charge is 0.280 e. The summed E-state index contributed by atoms with van der Waals surface area (Å²) in [7, 11) is 1.76. The number of anilines is 1. The molecule has 4 aromatic rings. The van der Waals surface area contributed by atoms with Crippen LogP contribution < -0.4 is 10.5 Å².